The standard InChI is InChI=1S/C33H23F17N2O7/c1-55-18-7-3-16(4-8-18)14-57-25(53)51-21-12-11-20(13-22(21)52-26(54)58-15-17-5-9-19(56-2)10-6-17)59-24(35)23(34)27(36,37)28(38,39)29(40,41)30(42,43)31(44,45)32(46,47)33(48,49)50/h3-13H,14-15H2,1-2H3,(H,51,53)(H,52,54). The number of rotatable bonds is 16. The molecule has 3 aromatic rings. The molecule has 0 saturated carbocycles. The molecular weight excluding hydrogens is 859 g/mol. The van der Waals surface area contributed by atoms with E-state index in [0.717, 1.165) is 0 Å². The van der Waals surface area contributed by atoms with Crippen LogP contribution in [0.25, 0.3) is 0 Å². The lowest BCUT2D eigenvalue weighted by Gasteiger charge is -2.41. The summed E-state index contributed by atoms with van der Waals surface area (Å²) < 4.78 is 256. The Morgan fingerprint density at radius 3 is 1.29 bits per heavy atom. The molecule has 0 radical (unpaired) electrons. The van der Waals surface area contributed by atoms with Crippen molar-refractivity contribution >= 4 is 23.6 Å². The first-order chi connectivity index (χ1) is 27.0. The largest absolute Gasteiger partial charge is 0.497 e. The summed E-state index contributed by atoms with van der Waals surface area (Å²) in [6.07, 6.45) is -10.6. The third kappa shape index (κ3) is 9.56. The molecule has 0 unspecified atom stereocenters. The van der Waals surface area contributed by atoms with Gasteiger partial charge in [-0.05, 0) is 47.5 Å². The monoisotopic (exact) mass is 882 g/mol. The molecule has 3 rings (SSSR count). The highest BCUT2D eigenvalue weighted by molar-refractivity contribution is 5.95. The number of hydrogen-bond acceptors (Lipinski definition) is 7. The molecule has 9 nitrogen and oxygen atoms in total. The molecule has 2 amide bonds. The van der Waals surface area contributed by atoms with Gasteiger partial charge in [-0.15, -0.1) is 0 Å². The maximum atomic E-state index is 14.6. The number of carbonyl (C=O) groups excluding carboxylic acids is 2. The van der Waals surface area contributed by atoms with Gasteiger partial charge in [-0.1, -0.05) is 24.3 Å². The third-order valence-electron chi connectivity index (χ3n) is 7.51. The minimum absolute atomic E-state index is 0.277. The number of ether oxygens (including phenoxy) is 5. The summed E-state index contributed by atoms with van der Waals surface area (Å²) in [5, 5.41) is 3.96. The van der Waals surface area contributed by atoms with Gasteiger partial charge < -0.3 is 23.7 Å². The fourth-order valence-corrected chi connectivity index (χ4v) is 4.21. The fourth-order valence-electron chi connectivity index (χ4n) is 4.21. The van der Waals surface area contributed by atoms with E-state index in [9.17, 15) is 84.2 Å². The summed E-state index contributed by atoms with van der Waals surface area (Å²) in [7, 11) is 2.71. The lowest BCUT2D eigenvalue weighted by Crippen LogP contribution is -2.72. The van der Waals surface area contributed by atoms with Crippen LogP contribution in [-0.2, 0) is 22.7 Å². The molecule has 3 aromatic carbocycles. The van der Waals surface area contributed by atoms with Crippen LogP contribution in [0.1, 0.15) is 11.1 Å². The third-order valence-corrected chi connectivity index (χ3v) is 7.51. The predicted molar refractivity (Wildman–Crippen MR) is 166 cm³/mol. The average Bonchev–Trinajstić information content (AvgIpc) is 3.16. The molecule has 0 spiro atoms. The highest BCUT2D eigenvalue weighted by atomic mass is 19.4. The van der Waals surface area contributed by atoms with E-state index < -0.39 is 96.1 Å². The van der Waals surface area contributed by atoms with Crippen molar-refractivity contribution in [2.45, 2.75) is 54.9 Å². The molecule has 26 heteroatoms. The summed E-state index contributed by atoms with van der Waals surface area (Å²) in [6.45, 7) is -0.904. The number of halogens is 17. The van der Waals surface area contributed by atoms with Crippen LogP contribution in [0.15, 0.2) is 78.6 Å². The Bertz CT molecular complexity index is 1990. The number of nitrogens with one attached hydrogen (secondary N) is 2. The smallest absolute Gasteiger partial charge is 0.460 e. The quantitative estimate of drug-likeness (QED) is 0.109. The molecule has 0 bridgehead atoms. The average molecular weight is 883 g/mol. The van der Waals surface area contributed by atoms with Crippen molar-refractivity contribution < 1.29 is 108 Å². The van der Waals surface area contributed by atoms with E-state index in [-0.39, 0.29) is 6.07 Å². The summed E-state index contributed by atoms with van der Waals surface area (Å²) in [5.41, 5.74) is -0.655. The van der Waals surface area contributed by atoms with Crippen LogP contribution >= 0.6 is 0 Å². The lowest BCUT2D eigenvalue weighted by molar-refractivity contribution is -0.451. The number of carbonyl (C=O) groups is 2. The molecule has 0 aliphatic rings. The number of amides is 2. The topological polar surface area (TPSA) is 104 Å². The van der Waals surface area contributed by atoms with E-state index in [1.54, 1.807) is 0 Å². The molecule has 0 heterocycles. The molecular formula is C33H23F17N2O7. The van der Waals surface area contributed by atoms with Crippen LogP contribution in [0, 0.1) is 0 Å². The molecule has 0 saturated heterocycles. The normalized spacial score (nSPS) is 13.5. The van der Waals surface area contributed by atoms with Gasteiger partial charge in [-0.25, -0.2) is 9.59 Å². The number of hydrogen-bond donors (Lipinski definition) is 2. The van der Waals surface area contributed by atoms with Gasteiger partial charge in [-0.2, -0.15) is 74.6 Å². The van der Waals surface area contributed by atoms with Gasteiger partial charge in [0.1, 0.15) is 30.5 Å². The Hall–Kier alpha value is -5.85. The van der Waals surface area contributed by atoms with Crippen molar-refractivity contribution in [1.29, 1.82) is 0 Å². The Balaban J connectivity index is 1.95. The van der Waals surface area contributed by atoms with E-state index in [1.807, 2.05) is 10.6 Å². The zero-order valence-electron chi connectivity index (χ0n) is 29.0. The second kappa shape index (κ2) is 17.2. The molecule has 326 valence electrons. The second-order valence-electron chi connectivity index (χ2n) is 11.4. The molecule has 0 aliphatic carbocycles. The van der Waals surface area contributed by atoms with Crippen molar-refractivity contribution in [1.82, 2.24) is 0 Å². The fraction of sp³-hybridized carbons (Fsp3) is 0.333. The molecule has 59 heavy (non-hydrogen) atoms. The lowest BCUT2D eigenvalue weighted by atomic mass is 9.91. The van der Waals surface area contributed by atoms with Gasteiger partial charge in [0, 0.05) is 6.07 Å². The second-order valence-corrected chi connectivity index (χ2v) is 11.4. The highest BCUT2D eigenvalue weighted by Crippen LogP contribution is 2.63. The SMILES string of the molecule is COc1ccc(COC(=O)Nc2ccc(OC(F)=C(F)C(F)(F)C(F)(F)C(F)(F)C(F)(F)C(F)(F)C(F)(F)C(F)(F)F)cc2NC(=O)OCc2ccc(OC)cc2)cc1. The van der Waals surface area contributed by atoms with Crippen molar-refractivity contribution in [3.8, 4) is 17.2 Å². The van der Waals surface area contributed by atoms with E-state index in [0.29, 0.717) is 34.8 Å². The maximum absolute atomic E-state index is 14.6. The van der Waals surface area contributed by atoms with Crippen molar-refractivity contribution in [2.24, 2.45) is 0 Å². The summed E-state index contributed by atoms with van der Waals surface area (Å²) in [5.74, 6) is -55.8. The van der Waals surface area contributed by atoms with Crippen molar-refractivity contribution in [3.63, 3.8) is 0 Å². The number of methoxy groups -OCH3 is 2. The Morgan fingerprint density at radius 1 is 0.508 bits per heavy atom. The van der Waals surface area contributed by atoms with Crippen LogP contribution in [0.3, 0.4) is 0 Å². The number of anilines is 2. The zero-order chi connectivity index (χ0) is 45.0. The van der Waals surface area contributed by atoms with Crippen LogP contribution < -0.4 is 24.8 Å². The van der Waals surface area contributed by atoms with Gasteiger partial charge in [0.2, 0.25) is 5.83 Å². The minimum atomic E-state index is -8.76. The van der Waals surface area contributed by atoms with Crippen molar-refractivity contribution in [2.75, 3.05) is 24.9 Å². The molecule has 0 atom stereocenters. The molecule has 0 fully saturated rings. The summed E-state index contributed by atoms with van der Waals surface area (Å²) in [4.78, 5) is 25.1. The Labute approximate surface area is 318 Å². The first-order valence-electron chi connectivity index (χ1n) is 15.3. The minimum Gasteiger partial charge on any atom is -0.497 e. The van der Waals surface area contributed by atoms with Crippen LogP contribution in [0.5, 0.6) is 17.2 Å². The Morgan fingerprint density at radius 2 is 0.881 bits per heavy atom. The van der Waals surface area contributed by atoms with Gasteiger partial charge in [0.05, 0.1) is 25.6 Å². The first-order valence-corrected chi connectivity index (χ1v) is 15.3. The molecule has 2 N–H and O–H groups in total. The number of alkyl halides is 15. The highest BCUT2D eigenvalue weighted by Gasteiger charge is 2.94. The van der Waals surface area contributed by atoms with Crippen LogP contribution in [-0.4, -0.2) is 68.1 Å². The number of benzene rings is 3. The van der Waals surface area contributed by atoms with E-state index in [4.69, 9.17) is 18.9 Å². The van der Waals surface area contributed by atoms with Gasteiger partial charge in [0.25, 0.3) is 0 Å². The van der Waals surface area contributed by atoms with Gasteiger partial charge >= 0.3 is 59.9 Å². The summed E-state index contributed by atoms with van der Waals surface area (Å²) >= 11 is 0. The number of allylic oxidation sites excluding steroid dienone is 1. The molecule has 0 aliphatic heterocycles. The first kappa shape index (κ1) is 47.5. The zero-order valence-corrected chi connectivity index (χ0v) is 29.0. The van der Waals surface area contributed by atoms with Gasteiger partial charge in [-0.3, -0.25) is 10.6 Å². The van der Waals surface area contributed by atoms with E-state index >= 15 is 0 Å². The van der Waals surface area contributed by atoms with E-state index in [2.05, 4.69) is 4.74 Å². The van der Waals surface area contributed by atoms with Crippen LogP contribution in [0.4, 0.5) is 95.6 Å². The molecule has 0 aromatic heterocycles. The Kier molecular flexibility index (Phi) is 13.8. The van der Waals surface area contributed by atoms with Crippen LogP contribution in [0.2, 0.25) is 0 Å². The predicted octanol–water partition coefficient (Wildman–Crippen LogP) is 11.1. The maximum Gasteiger partial charge on any atom is 0.460 e. The van der Waals surface area contributed by atoms with Gasteiger partial charge in [0.15, 0.2) is 0 Å². The summed E-state index contributed by atoms with van der Waals surface area (Å²) in [6, 6.07) is 9.15. The van der Waals surface area contributed by atoms with Crippen molar-refractivity contribution in [3.05, 3.63) is 89.7 Å². The van der Waals surface area contributed by atoms with E-state index in [1.165, 1.54) is 62.8 Å².